The van der Waals surface area contributed by atoms with Crippen LogP contribution in [0.15, 0.2) is 52.5 Å². The maximum absolute atomic E-state index is 6.26. The van der Waals surface area contributed by atoms with Gasteiger partial charge in [0.25, 0.3) is 0 Å². The zero-order valence-corrected chi connectivity index (χ0v) is 15.4. The van der Waals surface area contributed by atoms with E-state index in [-0.39, 0.29) is 29.5 Å². The molecule has 2 aliphatic carbocycles. The van der Waals surface area contributed by atoms with Crippen molar-refractivity contribution >= 4 is 35.0 Å². The van der Waals surface area contributed by atoms with Gasteiger partial charge in [0.05, 0.1) is 0 Å². The third kappa shape index (κ3) is 3.22. The Morgan fingerprint density at radius 3 is 2.67 bits per heavy atom. The van der Waals surface area contributed by atoms with Crippen LogP contribution in [0.25, 0.3) is 0 Å². The van der Waals surface area contributed by atoms with Crippen LogP contribution >= 0.6 is 35.0 Å². The molecule has 18 heavy (non-hydrogen) atoms. The van der Waals surface area contributed by atoms with Gasteiger partial charge in [-0.25, -0.2) is 0 Å². The van der Waals surface area contributed by atoms with Crippen molar-refractivity contribution in [3.05, 3.63) is 52.5 Å². The Balaban J connectivity index is 0.000000810. The summed E-state index contributed by atoms with van der Waals surface area (Å²) in [6.07, 6.45) is 12.2. The summed E-state index contributed by atoms with van der Waals surface area (Å²) in [7, 11) is 0. The fraction of sp³-hybridized carbons (Fsp3) is 0.167. The van der Waals surface area contributed by atoms with Gasteiger partial charge in [0.2, 0.25) is 0 Å². The molecule has 1 aliphatic heterocycles. The van der Waals surface area contributed by atoms with E-state index in [4.69, 9.17) is 23.2 Å². The molecule has 1 unspecified atom stereocenters. The molecule has 1 atom stereocenters. The van der Waals surface area contributed by atoms with Crippen molar-refractivity contribution in [3.63, 3.8) is 0 Å². The van der Waals surface area contributed by atoms with Gasteiger partial charge in [-0.15, -0.1) is 0 Å². The normalized spacial score (nSPS) is 23.7. The van der Waals surface area contributed by atoms with Crippen LogP contribution in [0.5, 0.6) is 0 Å². The Labute approximate surface area is 145 Å². The van der Waals surface area contributed by atoms with E-state index in [2.05, 4.69) is 30.4 Å². The van der Waals surface area contributed by atoms with E-state index in [1.54, 1.807) is 15.0 Å². The number of alkyl halides is 1. The molecule has 0 nitrogen and oxygen atoms in total. The molecule has 3 rings (SSSR count). The SMILES string of the molecule is ClC1=C2[C]([Zr+2][C]3=CC=CC3)=CC=C2C(Cl)S1.[Cl-].[Cl-]. The topological polar surface area (TPSA) is 0 Å². The van der Waals surface area contributed by atoms with Gasteiger partial charge < -0.3 is 24.8 Å². The first-order valence-corrected chi connectivity index (χ1v) is 9.17. The summed E-state index contributed by atoms with van der Waals surface area (Å²) < 4.78 is 4.01. The van der Waals surface area contributed by atoms with Crippen LogP contribution < -0.4 is 24.8 Å². The largest absolute Gasteiger partial charge is 1.00 e. The van der Waals surface area contributed by atoms with Gasteiger partial charge in [0.1, 0.15) is 0 Å². The second-order valence-electron chi connectivity index (χ2n) is 3.73. The van der Waals surface area contributed by atoms with Crippen molar-refractivity contribution in [2.24, 2.45) is 0 Å². The second kappa shape index (κ2) is 7.20. The summed E-state index contributed by atoms with van der Waals surface area (Å²) in [4.78, 5) is 0. The molecule has 0 radical (unpaired) electrons. The van der Waals surface area contributed by atoms with E-state index >= 15 is 0 Å². The predicted octanol–water partition coefficient (Wildman–Crippen LogP) is -1.49. The maximum atomic E-state index is 6.26. The van der Waals surface area contributed by atoms with Gasteiger partial charge in [-0.1, -0.05) is 0 Å². The van der Waals surface area contributed by atoms with Crippen LogP contribution in [0.3, 0.4) is 0 Å². The van der Waals surface area contributed by atoms with E-state index in [1.165, 1.54) is 14.4 Å². The predicted molar refractivity (Wildman–Crippen MR) is 68.1 cm³/mol. The van der Waals surface area contributed by atoms with E-state index < -0.39 is 23.2 Å². The van der Waals surface area contributed by atoms with Gasteiger partial charge >= 0.3 is 122 Å². The summed E-state index contributed by atoms with van der Waals surface area (Å²) in [6.45, 7) is 0. The minimum Gasteiger partial charge on any atom is -1.00 e. The van der Waals surface area contributed by atoms with Gasteiger partial charge in [0, 0.05) is 0 Å². The number of hydrogen-bond acceptors (Lipinski definition) is 1. The standard InChI is InChI=1S/C7H3Cl2S.C5H5.2ClH.Zr/c8-6-4-2-1-3-5(4)7(9)10-6;1-2-4-5-3-1;;;/h1-2,6H;1-3H,4H2;2*1H;/q;;;;+2/p-2. The van der Waals surface area contributed by atoms with E-state index in [0.29, 0.717) is 0 Å². The summed E-state index contributed by atoms with van der Waals surface area (Å²) in [6, 6.07) is 0. The van der Waals surface area contributed by atoms with Crippen molar-refractivity contribution in [2.75, 3.05) is 0 Å². The maximum Gasteiger partial charge on any atom is -1.00 e. The Hall–Kier alpha value is 1.09. The molecule has 0 N–H and O–H groups in total. The third-order valence-electron chi connectivity index (χ3n) is 2.70. The van der Waals surface area contributed by atoms with Crippen molar-refractivity contribution < 1.29 is 48.0 Å². The summed E-state index contributed by atoms with van der Waals surface area (Å²) in [5.74, 6) is 0. The van der Waals surface area contributed by atoms with Crippen LogP contribution in [-0.4, -0.2) is 4.71 Å². The molecule has 6 heteroatoms. The van der Waals surface area contributed by atoms with Crippen molar-refractivity contribution in [3.8, 4) is 0 Å². The van der Waals surface area contributed by atoms with Crippen LogP contribution in [-0.2, 0) is 23.2 Å². The number of hydrogen-bond donors (Lipinski definition) is 0. The van der Waals surface area contributed by atoms with Crippen LogP contribution in [0.1, 0.15) is 6.42 Å². The van der Waals surface area contributed by atoms with Crippen molar-refractivity contribution in [2.45, 2.75) is 11.1 Å². The average molecular weight is 417 g/mol. The summed E-state index contributed by atoms with van der Waals surface area (Å²) >= 11 is 13.4. The van der Waals surface area contributed by atoms with E-state index in [0.717, 1.165) is 10.8 Å². The van der Waals surface area contributed by atoms with Gasteiger partial charge in [-0.05, 0) is 0 Å². The minimum absolute atomic E-state index is 0. The monoisotopic (exact) mass is 414 g/mol. The minimum atomic E-state index is -0.646. The molecular formula is C12H8Cl4SZr. The molecule has 0 amide bonds. The van der Waals surface area contributed by atoms with Gasteiger partial charge in [-0.3, -0.25) is 0 Å². The average Bonchev–Trinajstić information content (AvgIpc) is 2.90. The first kappa shape index (κ1) is 17.1. The molecular weight excluding hydrogens is 409 g/mol. The molecule has 0 fully saturated rings. The molecule has 3 aliphatic rings. The number of rotatable bonds is 2. The smallest absolute Gasteiger partial charge is 1.00 e. The van der Waals surface area contributed by atoms with Crippen LogP contribution in [0.4, 0.5) is 0 Å². The quantitative estimate of drug-likeness (QED) is 0.494. The van der Waals surface area contributed by atoms with Gasteiger partial charge in [0.15, 0.2) is 0 Å². The van der Waals surface area contributed by atoms with Gasteiger partial charge in [-0.2, -0.15) is 0 Å². The fourth-order valence-electron chi connectivity index (χ4n) is 1.93. The first-order valence-electron chi connectivity index (χ1n) is 5.01. The third-order valence-corrected chi connectivity index (χ3v) is 7.92. The summed E-state index contributed by atoms with van der Waals surface area (Å²) in [5.41, 5.74) is 2.48. The van der Waals surface area contributed by atoms with E-state index in [1.807, 2.05) is 0 Å². The Morgan fingerprint density at radius 1 is 1.22 bits per heavy atom. The molecule has 0 aromatic carbocycles. The van der Waals surface area contributed by atoms with Crippen molar-refractivity contribution in [1.82, 2.24) is 0 Å². The number of allylic oxidation sites excluding steroid dienone is 8. The molecule has 0 spiro atoms. The fourth-order valence-corrected chi connectivity index (χ4v) is 7.48. The zero-order valence-electron chi connectivity index (χ0n) is 9.09. The Bertz CT molecular complexity index is 502. The molecule has 0 aromatic rings. The number of halogens is 4. The second-order valence-corrected chi connectivity index (χ2v) is 9.66. The molecule has 1 heterocycles. The van der Waals surface area contributed by atoms with Crippen molar-refractivity contribution in [1.29, 1.82) is 0 Å². The molecule has 0 saturated heterocycles. The summed E-state index contributed by atoms with van der Waals surface area (Å²) in [5, 5.41) is 0. The number of thioether (sulfide) groups is 1. The molecule has 0 saturated carbocycles. The number of fused-ring (bicyclic) bond motifs is 1. The Kier molecular flexibility index (Phi) is 6.86. The Morgan fingerprint density at radius 2 is 2.00 bits per heavy atom. The molecule has 0 aromatic heterocycles. The molecule has 0 bridgehead atoms. The zero-order chi connectivity index (χ0) is 11.1. The first-order chi connectivity index (χ1) is 7.75. The van der Waals surface area contributed by atoms with Crippen LogP contribution in [0.2, 0.25) is 0 Å². The van der Waals surface area contributed by atoms with E-state index in [9.17, 15) is 0 Å². The molecule has 94 valence electrons. The van der Waals surface area contributed by atoms with Crippen LogP contribution in [0, 0.1) is 0 Å².